The first-order chi connectivity index (χ1) is 6.38. The molecular formula is C12H14FN. The van der Waals surface area contributed by atoms with E-state index < -0.39 is 5.54 Å². The Kier molecular flexibility index (Phi) is 2.93. The van der Waals surface area contributed by atoms with Crippen LogP contribution < -0.4 is 5.73 Å². The van der Waals surface area contributed by atoms with Crippen LogP contribution in [0.4, 0.5) is 4.39 Å². The molecular weight excluding hydrogens is 177 g/mol. The fourth-order valence-corrected chi connectivity index (χ4v) is 0.996. The number of hydrogen-bond donors (Lipinski definition) is 1. The summed E-state index contributed by atoms with van der Waals surface area (Å²) in [5.74, 6) is 5.61. The second-order valence-corrected chi connectivity index (χ2v) is 3.93. The maximum atomic E-state index is 12.7. The highest BCUT2D eigenvalue weighted by Crippen LogP contribution is 2.08. The molecule has 0 spiro atoms. The maximum Gasteiger partial charge on any atom is 0.123 e. The summed E-state index contributed by atoms with van der Waals surface area (Å²) in [5, 5.41) is 0. The van der Waals surface area contributed by atoms with Gasteiger partial charge in [-0.05, 0) is 44.5 Å². The van der Waals surface area contributed by atoms with Crippen LogP contribution in [0.2, 0.25) is 0 Å². The van der Waals surface area contributed by atoms with Crippen molar-refractivity contribution in [1.82, 2.24) is 0 Å². The van der Waals surface area contributed by atoms with Gasteiger partial charge >= 0.3 is 0 Å². The molecule has 0 aliphatic rings. The van der Waals surface area contributed by atoms with Crippen LogP contribution in [0.1, 0.15) is 25.0 Å². The molecule has 0 fully saturated rings. The van der Waals surface area contributed by atoms with Gasteiger partial charge in [-0.15, -0.1) is 0 Å². The largest absolute Gasteiger partial charge is 0.316 e. The van der Waals surface area contributed by atoms with E-state index in [2.05, 4.69) is 11.8 Å². The third kappa shape index (κ3) is 3.20. The number of benzene rings is 1. The minimum Gasteiger partial charge on any atom is -0.316 e. The molecule has 0 saturated carbocycles. The highest BCUT2D eigenvalue weighted by atomic mass is 19.1. The standard InChI is InChI=1S/C12H14FN/c1-9-8-11(13)5-4-10(9)6-7-12(2,3)14/h4-5,8H,14H2,1-3H3. The average Bonchev–Trinajstić information content (AvgIpc) is 2.00. The third-order valence-corrected chi connectivity index (χ3v) is 1.71. The number of aryl methyl sites for hydroxylation is 1. The number of hydrogen-bond acceptors (Lipinski definition) is 1. The van der Waals surface area contributed by atoms with E-state index in [1.807, 2.05) is 20.8 Å². The van der Waals surface area contributed by atoms with Gasteiger partial charge in [0, 0.05) is 5.56 Å². The van der Waals surface area contributed by atoms with E-state index >= 15 is 0 Å². The highest BCUT2D eigenvalue weighted by Gasteiger charge is 2.04. The Labute approximate surface area is 84.1 Å². The monoisotopic (exact) mass is 191 g/mol. The van der Waals surface area contributed by atoms with Gasteiger partial charge in [0.05, 0.1) is 5.54 Å². The van der Waals surface area contributed by atoms with Gasteiger partial charge in [-0.2, -0.15) is 0 Å². The van der Waals surface area contributed by atoms with Crippen LogP contribution in [0.3, 0.4) is 0 Å². The predicted octanol–water partition coefficient (Wildman–Crippen LogP) is 2.22. The van der Waals surface area contributed by atoms with E-state index in [1.54, 1.807) is 6.07 Å². The average molecular weight is 191 g/mol. The molecule has 0 aliphatic carbocycles. The van der Waals surface area contributed by atoms with Gasteiger partial charge in [-0.3, -0.25) is 0 Å². The van der Waals surface area contributed by atoms with Crippen molar-refractivity contribution < 1.29 is 4.39 Å². The molecule has 74 valence electrons. The molecule has 0 amide bonds. The molecule has 0 aliphatic heterocycles. The topological polar surface area (TPSA) is 26.0 Å². The van der Waals surface area contributed by atoms with Crippen molar-refractivity contribution in [2.24, 2.45) is 5.73 Å². The Bertz CT molecular complexity index is 391. The van der Waals surface area contributed by atoms with Crippen molar-refractivity contribution in [3.63, 3.8) is 0 Å². The zero-order valence-corrected chi connectivity index (χ0v) is 8.69. The van der Waals surface area contributed by atoms with Crippen LogP contribution in [0.5, 0.6) is 0 Å². The molecule has 0 aromatic heterocycles. The Morgan fingerprint density at radius 3 is 2.50 bits per heavy atom. The quantitative estimate of drug-likeness (QED) is 0.625. The Morgan fingerprint density at radius 2 is 2.00 bits per heavy atom. The molecule has 0 heterocycles. The summed E-state index contributed by atoms with van der Waals surface area (Å²) in [6.07, 6.45) is 0. The van der Waals surface area contributed by atoms with E-state index in [0.717, 1.165) is 11.1 Å². The predicted molar refractivity (Wildman–Crippen MR) is 56.3 cm³/mol. The Morgan fingerprint density at radius 1 is 1.36 bits per heavy atom. The molecule has 2 heteroatoms. The van der Waals surface area contributed by atoms with Gasteiger partial charge < -0.3 is 5.73 Å². The van der Waals surface area contributed by atoms with Crippen LogP contribution in [0.25, 0.3) is 0 Å². The zero-order valence-electron chi connectivity index (χ0n) is 8.69. The van der Waals surface area contributed by atoms with Crippen molar-refractivity contribution in [3.05, 3.63) is 35.1 Å². The van der Waals surface area contributed by atoms with E-state index in [0.29, 0.717) is 0 Å². The number of rotatable bonds is 0. The van der Waals surface area contributed by atoms with Crippen LogP contribution >= 0.6 is 0 Å². The van der Waals surface area contributed by atoms with Crippen molar-refractivity contribution >= 4 is 0 Å². The first-order valence-electron chi connectivity index (χ1n) is 4.47. The molecule has 0 unspecified atom stereocenters. The molecule has 14 heavy (non-hydrogen) atoms. The Hall–Kier alpha value is -1.33. The second kappa shape index (κ2) is 3.81. The summed E-state index contributed by atoms with van der Waals surface area (Å²) in [6, 6.07) is 4.54. The van der Waals surface area contributed by atoms with Gasteiger partial charge in [0.2, 0.25) is 0 Å². The lowest BCUT2D eigenvalue weighted by atomic mass is 10.1. The summed E-state index contributed by atoms with van der Waals surface area (Å²) < 4.78 is 12.7. The van der Waals surface area contributed by atoms with Crippen LogP contribution in [-0.2, 0) is 0 Å². The summed E-state index contributed by atoms with van der Waals surface area (Å²) in [7, 11) is 0. The van der Waals surface area contributed by atoms with E-state index in [9.17, 15) is 4.39 Å². The fraction of sp³-hybridized carbons (Fsp3) is 0.333. The molecule has 0 radical (unpaired) electrons. The van der Waals surface area contributed by atoms with E-state index in [-0.39, 0.29) is 5.82 Å². The molecule has 1 rings (SSSR count). The lowest BCUT2D eigenvalue weighted by Crippen LogP contribution is -2.29. The summed E-state index contributed by atoms with van der Waals surface area (Å²) in [5.41, 5.74) is 6.86. The van der Waals surface area contributed by atoms with Crippen molar-refractivity contribution in [2.45, 2.75) is 26.3 Å². The van der Waals surface area contributed by atoms with Crippen molar-refractivity contribution in [3.8, 4) is 11.8 Å². The SMILES string of the molecule is Cc1cc(F)ccc1C#CC(C)(C)N. The summed E-state index contributed by atoms with van der Waals surface area (Å²) in [6.45, 7) is 5.49. The van der Waals surface area contributed by atoms with Gasteiger partial charge in [0.1, 0.15) is 5.82 Å². The fourth-order valence-electron chi connectivity index (χ4n) is 0.996. The van der Waals surface area contributed by atoms with Crippen LogP contribution in [-0.4, -0.2) is 5.54 Å². The summed E-state index contributed by atoms with van der Waals surface area (Å²) in [4.78, 5) is 0. The van der Waals surface area contributed by atoms with Crippen LogP contribution in [0.15, 0.2) is 18.2 Å². The molecule has 0 atom stereocenters. The molecule has 2 N–H and O–H groups in total. The van der Waals surface area contributed by atoms with Gasteiger partial charge in [-0.1, -0.05) is 11.8 Å². The zero-order chi connectivity index (χ0) is 10.8. The Balaban J connectivity index is 3.02. The van der Waals surface area contributed by atoms with Gasteiger partial charge in [0.25, 0.3) is 0 Å². The molecule has 1 aromatic carbocycles. The van der Waals surface area contributed by atoms with Crippen molar-refractivity contribution in [2.75, 3.05) is 0 Å². The lowest BCUT2D eigenvalue weighted by molar-refractivity contribution is 0.626. The first kappa shape index (κ1) is 10.7. The van der Waals surface area contributed by atoms with Crippen molar-refractivity contribution in [1.29, 1.82) is 0 Å². The smallest absolute Gasteiger partial charge is 0.123 e. The van der Waals surface area contributed by atoms with Gasteiger partial charge in [0.15, 0.2) is 0 Å². The lowest BCUT2D eigenvalue weighted by Gasteiger charge is -2.07. The maximum absolute atomic E-state index is 12.7. The normalized spacial score (nSPS) is 10.6. The minimum absolute atomic E-state index is 0.236. The van der Waals surface area contributed by atoms with Crippen LogP contribution in [0, 0.1) is 24.6 Å². The molecule has 0 saturated heterocycles. The molecule has 1 aromatic rings. The molecule has 1 nitrogen and oxygen atoms in total. The highest BCUT2D eigenvalue weighted by molar-refractivity contribution is 5.42. The van der Waals surface area contributed by atoms with E-state index in [4.69, 9.17) is 5.73 Å². The minimum atomic E-state index is -0.513. The van der Waals surface area contributed by atoms with Gasteiger partial charge in [-0.25, -0.2) is 4.39 Å². The first-order valence-corrected chi connectivity index (χ1v) is 4.47. The van der Waals surface area contributed by atoms with E-state index in [1.165, 1.54) is 12.1 Å². The second-order valence-electron chi connectivity index (χ2n) is 3.93. The summed E-state index contributed by atoms with van der Waals surface area (Å²) >= 11 is 0. The number of nitrogens with two attached hydrogens (primary N) is 1. The third-order valence-electron chi connectivity index (χ3n) is 1.71. The number of halogens is 1. The molecule has 0 bridgehead atoms.